The number of carbonyl (C=O) groups is 3. The Hall–Kier alpha value is -2.97. The minimum Gasteiger partial charge on any atom is -0.383 e. The van der Waals surface area contributed by atoms with E-state index in [2.05, 4.69) is 9.88 Å². The van der Waals surface area contributed by atoms with Gasteiger partial charge in [-0.1, -0.05) is 35.9 Å². The number of piperazine rings is 1. The SMILES string of the molecule is COCCN1C(=O)C[C@](CC(=O)N2CCN(c3cccc(C)n3)CC2)(c2ccccc2Cl)C1=O. The molecule has 3 amide bonds. The van der Waals surface area contributed by atoms with E-state index < -0.39 is 11.3 Å². The summed E-state index contributed by atoms with van der Waals surface area (Å²) in [4.78, 5) is 49.6. The molecule has 4 rings (SSSR count). The van der Waals surface area contributed by atoms with Gasteiger partial charge >= 0.3 is 0 Å². The van der Waals surface area contributed by atoms with Gasteiger partial charge in [0.15, 0.2) is 0 Å². The van der Waals surface area contributed by atoms with Crippen LogP contribution in [0.2, 0.25) is 5.02 Å². The van der Waals surface area contributed by atoms with Gasteiger partial charge in [-0.05, 0) is 30.7 Å². The molecule has 0 aliphatic carbocycles. The Bertz CT molecular complexity index is 1090. The number of rotatable bonds is 7. The van der Waals surface area contributed by atoms with Gasteiger partial charge in [0.2, 0.25) is 17.7 Å². The average molecular weight is 485 g/mol. The smallest absolute Gasteiger partial charge is 0.241 e. The van der Waals surface area contributed by atoms with Crippen molar-refractivity contribution in [2.45, 2.75) is 25.2 Å². The molecule has 0 radical (unpaired) electrons. The van der Waals surface area contributed by atoms with Gasteiger partial charge in [0.1, 0.15) is 5.82 Å². The minimum absolute atomic E-state index is 0.0851. The summed E-state index contributed by atoms with van der Waals surface area (Å²) in [5.41, 5.74) is 0.154. The largest absolute Gasteiger partial charge is 0.383 e. The van der Waals surface area contributed by atoms with Crippen molar-refractivity contribution in [2.24, 2.45) is 0 Å². The summed E-state index contributed by atoms with van der Waals surface area (Å²) in [5, 5.41) is 0.375. The van der Waals surface area contributed by atoms with Crippen molar-refractivity contribution in [1.82, 2.24) is 14.8 Å². The fourth-order valence-corrected chi connectivity index (χ4v) is 5.08. The summed E-state index contributed by atoms with van der Waals surface area (Å²) in [6, 6.07) is 12.9. The lowest BCUT2D eigenvalue weighted by Gasteiger charge is -2.37. The normalized spacial score (nSPS) is 20.9. The lowest BCUT2D eigenvalue weighted by molar-refractivity contribution is -0.143. The molecule has 0 bridgehead atoms. The topological polar surface area (TPSA) is 83.1 Å². The van der Waals surface area contributed by atoms with Gasteiger partial charge < -0.3 is 14.5 Å². The van der Waals surface area contributed by atoms with Crippen molar-refractivity contribution >= 4 is 35.1 Å². The zero-order valence-electron chi connectivity index (χ0n) is 19.5. The predicted octanol–water partition coefficient (Wildman–Crippen LogP) is 2.43. The molecule has 1 atom stereocenters. The van der Waals surface area contributed by atoms with Crippen LogP contribution in [0.1, 0.15) is 24.1 Å². The Morgan fingerprint density at radius 3 is 2.50 bits per heavy atom. The minimum atomic E-state index is -1.31. The number of hydrogen-bond acceptors (Lipinski definition) is 6. The number of hydrogen-bond donors (Lipinski definition) is 0. The number of pyridine rings is 1. The Morgan fingerprint density at radius 2 is 1.82 bits per heavy atom. The van der Waals surface area contributed by atoms with E-state index in [9.17, 15) is 14.4 Å². The zero-order chi connectivity index (χ0) is 24.3. The first-order valence-corrected chi connectivity index (χ1v) is 11.8. The van der Waals surface area contributed by atoms with Crippen LogP contribution in [-0.4, -0.2) is 78.9 Å². The molecular weight excluding hydrogens is 456 g/mol. The Labute approximate surface area is 204 Å². The highest BCUT2D eigenvalue weighted by Crippen LogP contribution is 2.43. The van der Waals surface area contributed by atoms with Gasteiger partial charge in [0, 0.05) is 56.8 Å². The molecule has 9 heteroatoms. The molecule has 0 unspecified atom stereocenters. The maximum Gasteiger partial charge on any atom is 0.241 e. The first-order valence-electron chi connectivity index (χ1n) is 11.4. The van der Waals surface area contributed by atoms with Crippen LogP contribution in [0.25, 0.3) is 0 Å². The lowest BCUT2D eigenvalue weighted by Crippen LogP contribution is -2.51. The third-order valence-corrected chi connectivity index (χ3v) is 6.93. The number of nitrogens with zero attached hydrogens (tertiary/aromatic N) is 4. The van der Waals surface area contributed by atoms with Crippen LogP contribution in [0.4, 0.5) is 5.82 Å². The number of anilines is 1. The maximum atomic E-state index is 13.6. The van der Waals surface area contributed by atoms with E-state index in [4.69, 9.17) is 16.3 Å². The van der Waals surface area contributed by atoms with E-state index >= 15 is 0 Å². The monoisotopic (exact) mass is 484 g/mol. The molecule has 2 saturated heterocycles. The number of imide groups is 1. The second kappa shape index (κ2) is 10.1. The number of methoxy groups -OCH3 is 1. The van der Waals surface area contributed by atoms with E-state index in [-0.39, 0.29) is 37.8 Å². The Kier molecular flexibility index (Phi) is 7.19. The number of likely N-dealkylation sites (tertiary alicyclic amines) is 1. The molecule has 2 aliphatic heterocycles. The number of ether oxygens (including phenoxy) is 1. The van der Waals surface area contributed by atoms with Crippen molar-refractivity contribution in [1.29, 1.82) is 0 Å². The molecular formula is C25H29ClN4O4. The van der Waals surface area contributed by atoms with Crippen LogP contribution in [0.5, 0.6) is 0 Å². The van der Waals surface area contributed by atoms with E-state index in [1.165, 1.54) is 12.0 Å². The molecule has 2 aliphatic rings. The molecule has 0 N–H and O–H groups in total. The maximum absolute atomic E-state index is 13.6. The van der Waals surface area contributed by atoms with Gasteiger partial charge in [-0.15, -0.1) is 0 Å². The number of aromatic nitrogens is 1. The van der Waals surface area contributed by atoms with Crippen molar-refractivity contribution in [2.75, 3.05) is 51.3 Å². The first kappa shape index (κ1) is 24.2. The van der Waals surface area contributed by atoms with Crippen LogP contribution in [0.3, 0.4) is 0 Å². The second-order valence-electron chi connectivity index (χ2n) is 8.76. The Balaban J connectivity index is 1.54. The highest BCUT2D eigenvalue weighted by molar-refractivity contribution is 6.32. The van der Waals surface area contributed by atoms with Crippen LogP contribution < -0.4 is 4.90 Å². The van der Waals surface area contributed by atoms with Crippen molar-refractivity contribution in [3.63, 3.8) is 0 Å². The van der Waals surface area contributed by atoms with Gasteiger partial charge in [-0.3, -0.25) is 19.3 Å². The van der Waals surface area contributed by atoms with Crippen molar-refractivity contribution in [3.05, 3.63) is 58.7 Å². The van der Waals surface area contributed by atoms with E-state index in [1.54, 1.807) is 29.2 Å². The van der Waals surface area contributed by atoms with Gasteiger partial charge in [-0.2, -0.15) is 0 Å². The van der Waals surface area contributed by atoms with Crippen molar-refractivity contribution in [3.8, 4) is 0 Å². The quantitative estimate of drug-likeness (QED) is 0.561. The van der Waals surface area contributed by atoms with E-state index in [1.807, 2.05) is 25.1 Å². The van der Waals surface area contributed by atoms with Gasteiger partial charge in [-0.25, -0.2) is 4.98 Å². The first-order chi connectivity index (χ1) is 16.4. The summed E-state index contributed by atoms with van der Waals surface area (Å²) in [7, 11) is 1.52. The van der Waals surface area contributed by atoms with Crippen LogP contribution in [0, 0.1) is 6.92 Å². The third kappa shape index (κ3) is 4.65. The number of benzene rings is 1. The summed E-state index contributed by atoms with van der Waals surface area (Å²) in [6.07, 6.45) is -0.189. The van der Waals surface area contributed by atoms with Crippen molar-refractivity contribution < 1.29 is 19.1 Å². The predicted molar refractivity (Wildman–Crippen MR) is 129 cm³/mol. The number of amides is 3. The van der Waals surface area contributed by atoms with Crippen LogP contribution in [-0.2, 0) is 24.5 Å². The number of halogens is 1. The molecule has 180 valence electrons. The third-order valence-electron chi connectivity index (χ3n) is 6.60. The fourth-order valence-electron chi connectivity index (χ4n) is 4.76. The molecule has 1 aromatic heterocycles. The zero-order valence-corrected chi connectivity index (χ0v) is 20.3. The molecule has 2 fully saturated rings. The summed E-state index contributed by atoms with van der Waals surface area (Å²) < 4.78 is 5.07. The highest BCUT2D eigenvalue weighted by atomic mass is 35.5. The van der Waals surface area contributed by atoms with Gasteiger partial charge in [0.25, 0.3) is 0 Å². The van der Waals surface area contributed by atoms with Gasteiger partial charge in [0.05, 0.1) is 18.6 Å². The highest BCUT2D eigenvalue weighted by Gasteiger charge is 2.54. The lowest BCUT2D eigenvalue weighted by atomic mass is 9.75. The van der Waals surface area contributed by atoms with E-state index in [0.717, 1.165) is 11.5 Å². The number of aryl methyl sites for hydroxylation is 1. The Morgan fingerprint density at radius 1 is 1.09 bits per heavy atom. The standard InChI is InChI=1S/C25H29ClN4O4/c1-18-6-5-9-21(27-18)28-10-12-29(13-11-28)22(31)16-25(19-7-3-4-8-20(19)26)17-23(32)30(24(25)33)14-15-34-2/h3-9H,10-17H2,1-2H3/t25-/m1/s1. The fraction of sp³-hybridized carbons (Fsp3) is 0.440. The molecule has 2 aromatic rings. The molecule has 0 saturated carbocycles. The van der Waals surface area contributed by atoms with Crippen LogP contribution >= 0.6 is 11.6 Å². The molecule has 34 heavy (non-hydrogen) atoms. The second-order valence-corrected chi connectivity index (χ2v) is 9.17. The average Bonchev–Trinajstić information content (AvgIpc) is 3.07. The van der Waals surface area contributed by atoms with E-state index in [0.29, 0.717) is 36.8 Å². The summed E-state index contributed by atoms with van der Waals surface area (Å²) >= 11 is 6.48. The van der Waals surface area contributed by atoms with Crippen LogP contribution in [0.15, 0.2) is 42.5 Å². The summed E-state index contributed by atoms with van der Waals surface area (Å²) in [5.74, 6) is 0.0280. The molecule has 1 aromatic carbocycles. The molecule has 0 spiro atoms. The summed E-state index contributed by atoms with van der Waals surface area (Å²) in [6.45, 7) is 4.66. The number of carbonyl (C=O) groups excluding carboxylic acids is 3. The molecule has 8 nitrogen and oxygen atoms in total. The molecule has 3 heterocycles.